The molecule has 1 aromatic rings. The second kappa shape index (κ2) is 10.8. The molecule has 8 nitrogen and oxygen atoms in total. The second-order valence-electron chi connectivity index (χ2n) is 6.94. The molecule has 0 bridgehead atoms. The Morgan fingerprint density at radius 2 is 1.89 bits per heavy atom. The van der Waals surface area contributed by atoms with E-state index >= 15 is 0 Å². The molecule has 0 spiro atoms. The second-order valence-corrected chi connectivity index (χ2v) is 6.94. The zero-order valence-electron chi connectivity index (χ0n) is 16.6. The molecule has 0 aromatic heterocycles. The summed E-state index contributed by atoms with van der Waals surface area (Å²) >= 11 is 0. The number of methoxy groups -OCH3 is 1. The van der Waals surface area contributed by atoms with Crippen LogP contribution in [0.4, 0.5) is 0 Å². The number of amides is 2. The van der Waals surface area contributed by atoms with Crippen molar-refractivity contribution in [2.75, 3.05) is 34.4 Å². The molecule has 0 saturated heterocycles. The molecule has 2 rings (SSSR count). The summed E-state index contributed by atoms with van der Waals surface area (Å²) < 4.78 is 10.9. The number of aliphatic hydroxyl groups excluding tert-OH is 1. The third-order valence-corrected chi connectivity index (χ3v) is 4.29. The molecular formula is C20H29N3O5. The van der Waals surface area contributed by atoms with Crippen molar-refractivity contribution in [3.05, 3.63) is 42.0 Å². The lowest BCUT2D eigenvalue weighted by Gasteiger charge is -2.32. The van der Waals surface area contributed by atoms with Gasteiger partial charge in [-0.05, 0) is 31.8 Å². The van der Waals surface area contributed by atoms with Crippen LogP contribution in [-0.2, 0) is 20.9 Å². The van der Waals surface area contributed by atoms with Crippen LogP contribution in [0.5, 0.6) is 5.75 Å². The highest BCUT2D eigenvalue weighted by atomic mass is 16.5. The Labute approximate surface area is 165 Å². The number of hydrogen-bond donors (Lipinski definition) is 3. The highest BCUT2D eigenvalue weighted by Gasteiger charge is 2.29. The van der Waals surface area contributed by atoms with Gasteiger partial charge in [-0.25, -0.2) is 0 Å². The molecule has 8 heteroatoms. The third-order valence-electron chi connectivity index (χ3n) is 4.29. The average Bonchev–Trinajstić information content (AvgIpc) is 2.67. The van der Waals surface area contributed by atoms with Gasteiger partial charge < -0.3 is 30.1 Å². The van der Waals surface area contributed by atoms with Crippen molar-refractivity contribution in [3.63, 3.8) is 0 Å². The first kappa shape index (κ1) is 21.9. The lowest BCUT2D eigenvalue weighted by molar-refractivity contribution is -0.128. The number of likely N-dealkylation sites (N-methyl/N-ethyl adjacent to an activating group) is 1. The maximum absolute atomic E-state index is 12.2. The molecule has 1 aromatic carbocycles. The first-order chi connectivity index (χ1) is 13.4. The number of nitrogens with zero attached hydrogens (tertiary/aromatic N) is 1. The fraction of sp³-hybridized carbons (Fsp3) is 0.500. The van der Waals surface area contributed by atoms with E-state index in [2.05, 4.69) is 10.6 Å². The van der Waals surface area contributed by atoms with Crippen LogP contribution in [0.3, 0.4) is 0 Å². The van der Waals surface area contributed by atoms with Crippen molar-refractivity contribution in [1.82, 2.24) is 15.5 Å². The minimum Gasteiger partial charge on any atom is -0.497 e. The van der Waals surface area contributed by atoms with Crippen molar-refractivity contribution >= 4 is 11.8 Å². The summed E-state index contributed by atoms with van der Waals surface area (Å²) in [6, 6.07) is 7.03. The molecule has 0 saturated carbocycles. The topological polar surface area (TPSA) is 100 Å². The van der Waals surface area contributed by atoms with E-state index in [4.69, 9.17) is 9.47 Å². The molecule has 154 valence electrons. The van der Waals surface area contributed by atoms with Crippen molar-refractivity contribution in [2.45, 2.75) is 31.2 Å². The van der Waals surface area contributed by atoms with E-state index in [1.807, 2.05) is 24.3 Å². The van der Waals surface area contributed by atoms with Gasteiger partial charge in [0.15, 0.2) is 0 Å². The van der Waals surface area contributed by atoms with Crippen molar-refractivity contribution in [1.29, 1.82) is 0 Å². The fourth-order valence-corrected chi connectivity index (χ4v) is 2.85. The molecule has 3 N–H and O–H groups in total. The number of carbonyl (C=O) groups excluding carboxylic acids is 2. The highest BCUT2D eigenvalue weighted by Crippen LogP contribution is 2.16. The Kier molecular flexibility index (Phi) is 8.43. The van der Waals surface area contributed by atoms with E-state index in [0.717, 1.165) is 11.3 Å². The van der Waals surface area contributed by atoms with E-state index in [0.29, 0.717) is 6.54 Å². The Hall–Kier alpha value is -2.42. The predicted octanol–water partition coefficient (Wildman–Crippen LogP) is 0.0638. The first-order valence-electron chi connectivity index (χ1n) is 9.19. The van der Waals surface area contributed by atoms with Crippen LogP contribution in [-0.4, -0.2) is 74.4 Å². The van der Waals surface area contributed by atoms with Gasteiger partial charge in [-0.15, -0.1) is 0 Å². The lowest BCUT2D eigenvalue weighted by atomic mass is 10.0. The van der Waals surface area contributed by atoms with Crippen LogP contribution in [0.2, 0.25) is 0 Å². The maximum atomic E-state index is 12.2. The van der Waals surface area contributed by atoms with Gasteiger partial charge in [0.05, 0.1) is 38.8 Å². The monoisotopic (exact) mass is 391 g/mol. The smallest absolute Gasteiger partial charge is 0.234 e. The third kappa shape index (κ3) is 6.95. The first-order valence-corrected chi connectivity index (χ1v) is 9.19. The normalized spacial score (nSPS) is 21.4. The van der Waals surface area contributed by atoms with Crippen molar-refractivity contribution in [3.8, 4) is 5.75 Å². The SMILES string of the molecule is COc1ccc(CNC(=O)C[C@@H]2C=C[C@@H](NC(=O)CN(C)C)[C@@H](CO)O2)cc1. The summed E-state index contributed by atoms with van der Waals surface area (Å²) in [7, 11) is 5.21. The van der Waals surface area contributed by atoms with Gasteiger partial charge in [-0.3, -0.25) is 9.59 Å². The van der Waals surface area contributed by atoms with Crippen molar-refractivity contribution in [2.24, 2.45) is 0 Å². The molecule has 0 aliphatic carbocycles. The summed E-state index contributed by atoms with van der Waals surface area (Å²) in [5.41, 5.74) is 0.964. The number of rotatable bonds is 9. The van der Waals surface area contributed by atoms with Crippen LogP contribution >= 0.6 is 0 Å². The molecule has 1 heterocycles. The number of aliphatic hydroxyl groups is 1. The molecule has 1 aliphatic heterocycles. The molecule has 0 radical (unpaired) electrons. The van der Waals surface area contributed by atoms with E-state index in [1.54, 1.807) is 38.3 Å². The number of carbonyl (C=O) groups is 2. The Bertz CT molecular complexity index is 675. The standard InChI is InChI=1S/C20H29N3O5/c1-23(2)12-20(26)22-17-9-8-16(28-18(17)13-24)10-19(25)21-11-14-4-6-15(27-3)7-5-14/h4-9,16-18,24H,10-13H2,1-3H3,(H,21,25)(H,22,26)/t16-,17+,18+/m0/s1. The quantitative estimate of drug-likeness (QED) is 0.515. The molecule has 3 atom stereocenters. The maximum Gasteiger partial charge on any atom is 0.234 e. The molecular weight excluding hydrogens is 362 g/mol. The predicted molar refractivity (Wildman–Crippen MR) is 105 cm³/mol. The number of hydrogen-bond acceptors (Lipinski definition) is 6. The largest absolute Gasteiger partial charge is 0.497 e. The highest BCUT2D eigenvalue weighted by molar-refractivity contribution is 5.79. The van der Waals surface area contributed by atoms with Gasteiger partial charge in [0.25, 0.3) is 0 Å². The minimum absolute atomic E-state index is 0.140. The molecule has 0 unspecified atom stereocenters. The van der Waals surface area contributed by atoms with E-state index < -0.39 is 18.2 Å². The number of benzene rings is 1. The zero-order chi connectivity index (χ0) is 20.5. The zero-order valence-corrected chi connectivity index (χ0v) is 16.6. The van der Waals surface area contributed by atoms with Gasteiger partial charge >= 0.3 is 0 Å². The Balaban J connectivity index is 1.82. The van der Waals surface area contributed by atoms with Crippen molar-refractivity contribution < 1.29 is 24.2 Å². The summed E-state index contributed by atoms with van der Waals surface area (Å²) in [6.45, 7) is 0.410. The van der Waals surface area contributed by atoms with Gasteiger partial charge in [-0.1, -0.05) is 24.3 Å². The van der Waals surface area contributed by atoms with Crippen LogP contribution in [0, 0.1) is 0 Å². The van der Waals surface area contributed by atoms with Crippen LogP contribution in [0.25, 0.3) is 0 Å². The Morgan fingerprint density at radius 1 is 1.18 bits per heavy atom. The molecule has 0 fully saturated rings. The van der Waals surface area contributed by atoms with Crippen LogP contribution in [0.15, 0.2) is 36.4 Å². The van der Waals surface area contributed by atoms with Crippen LogP contribution in [0.1, 0.15) is 12.0 Å². The summed E-state index contributed by atoms with van der Waals surface area (Å²) in [5.74, 6) is 0.452. The number of nitrogens with one attached hydrogen (secondary N) is 2. The summed E-state index contributed by atoms with van der Waals surface area (Å²) in [4.78, 5) is 25.9. The summed E-state index contributed by atoms with van der Waals surface area (Å²) in [5, 5.41) is 15.2. The van der Waals surface area contributed by atoms with Gasteiger partial charge in [0.1, 0.15) is 11.9 Å². The molecule has 1 aliphatic rings. The van der Waals surface area contributed by atoms with Gasteiger partial charge in [0, 0.05) is 6.54 Å². The van der Waals surface area contributed by atoms with E-state index in [-0.39, 0.29) is 31.4 Å². The lowest BCUT2D eigenvalue weighted by Crippen LogP contribution is -2.50. The fourth-order valence-electron chi connectivity index (χ4n) is 2.85. The van der Waals surface area contributed by atoms with E-state index in [1.165, 1.54) is 0 Å². The minimum atomic E-state index is -0.587. The average molecular weight is 391 g/mol. The van der Waals surface area contributed by atoms with E-state index in [9.17, 15) is 14.7 Å². The van der Waals surface area contributed by atoms with Gasteiger partial charge in [-0.2, -0.15) is 0 Å². The Morgan fingerprint density at radius 3 is 2.50 bits per heavy atom. The summed E-state index contributed by atoms with van der Waals surface area (Å²) in [6.07, 6.45) is 2.63. The van der Waals surface area contributed by atoms with Crippen LogP contribution < -0.4 is 15.4 Å². The molecule has 2 amide bonds. The number of ether oxygens (including phenoxy) is 2. The molecule has 28 heavy (non-hydrogen) atoms. The van der Waals surface area contributed by atoms with Gasteiger partial charge in [0.2, 0.25) is 11.8 Å².